The summed E-state index contributed by atoms with van der Waals surface area (Å²) in [5.74, 6) is 1.66. The summed E-state index contributed by atoms with van der Waals surface area (Å²) in [5, 5.41) is 3.34. The van der Waals surface area contributed by atoms with E-state index in [4.69, 9.17) is 15.2 Å². The van der Waals surface area contributed by atoms with Gasteiger partial charge in [-0.25, -0.2) is 0 Å². The van der Waals surface area contributed by atoms with Crippen LogP contribution in [0.25, 0.3) is 0 Å². The summed E-state index contributed by atoms with van der Waals surface area (Å²) in [5.41, 5.74) is 6.63. The molecule has 4 nitrogen and oxygen atoms in total. The van der Waals surface area contributed by atoms with Crippen LogP contribution in [-0.4, -0.2) is 33.9 Å². The van der Waals surface area contributed by atoms with E-state index in [2.05, 4.69) is 25.2 Å². The summed E-state index contributed by atoms with van der Waals surface area (Å²) >= 11 is 0. The van der Waals surface area contributed by atoms with Gasteiger partial charge in [0.05, 0.1) is 14.2 Å². The number of nitrogens with two attached hydrogens (primary N) is 1. The first-order chi connectivity index (χ1) is 8.55. The highest BCUT2D eigenvalue weighted by Crippen LogP contribution is 2.33. The predicted molar refractivity (Wildman–Crippen MR) is 74.5 cm³/mol. The van der Waals surface area contributed by atoms with Gasteiger partial charge in [0.25, 0.3) is 0 Å². The van der Waals surface area contributed by atoms with Gasteiger partial charge >= 0.3 is 0 Å². The van der Waals surface area contributed by atoms with Crippen molar-refractivity contribution in [3.05, 3.63) is 23.8 Å². The Hall–Kier alpha value is -1.26. The van der Waals surface area contributed by atoms with Gasteiger partial charge < -0.3 is 20.5 Å². The van der Waals surface area contributed by atoms with E-state index in [1.165, 1.54) is 0 Å². The average molecular weight is 252 g/mol. The molecule has 3 N–H and O–H groups in total. The van der Waals surface area contributed by atoms with E-state index >= 15 is 0 Å². The van der Waals surface area contributed by atoms with E-state index in [9.17, 15) is 0 Å². The van der Waals surface area contributed by atoms with E-state index < -0.39 is 0 Å². The molecule has 0 heterocycles. The molecular weight excluding hydrogens is 228 g/mol. The molecule has 0 aliphatic carbocycles. The van der Waals surface area contributed by atoms with Crippen LogP contribution in [0.15, 0.2) is 18.2 Å². The van der Waals surface area contributed by atoms with E-state index in [1.807, 2.05) is 12.1 Å². The van der Waals surface area contributed by atoms with Crippen molar-refractivity contribution in [3.8, 4) is 11.5 Å². The van der Waals surface area contributed by atoms with Crippen molar-refractivity contribution in [1.29, 1.82) is 0 Å². The van der Waals surface area contributed by atoms with Crippen LogP contribution in [0.5, 0.6) is 11.5 Å². The number of hydrogen-bond donors (Lipinski definition) is 2. The Balaban J connectivity index is 2.92. The molecule has 0 spiro atoms. The first kappa shape index (κ1) is 14.8. The van der Waals surface area contributed by atoms with Gasteiger partial charge in [-0.15, -0.1) is 0 Å². The van der Waals surface area contributed by atoms with E-state index in [0.717, 1.165) is 30.2 Å². The molecule has 0 amide bonds. The second kappa shape index (κ2) is 6.61. The van der Waals surface area contributed by atoms with Crippen molar-refractivity contribution < 1.29 is 9.47 Å². The Morgan fingerprint density at radius 1 is 1.22 bits per heavy atom. The first-order valence-electron chi connectivity index (χ1n) is 6.18. The fraction of sp³-hybridized carbons (Fsp3) is 0.571. The minimum absolute atomic E-state index is 0.0210. The van der Waals surface area contributed by atoms with Gasteiger partial charge in [-0.1, -0.05) is 19.9 Å². The number of ether oxygens (including phenoxy) is 2. The zero-order valence-electron chi connectivity index (χ0n) is 11.7. The quantitative estimate of drug-likeness (QED) is 0.723. The van der Waals surface area contributed by atoms with Crippen molar-refractivity contribution in [2.75, 3.05) is 33.9 Å². The molecule has 0 saturated carbocycles. The van der Waals surface area contributed by atoms with E-state index in [0.29, 0.717) is 6.54 Å². The second-order valence-corrected chi connectivity index (χ2v) is 4.92. The van der Waals surface area contributed by atoms with Crippen LogP contribution < -0.4 is 20.5 Å². The van der Waals surface area contributed by atoms with Gasteiger partial charge in [0, 0.05) is 36.7 Å². The van der Waals surface area contributed by atoms with Crippen LogP contribution in [-0.2, 0) is 5.41 Å². The highest BCUT2D eigenvalue weighted by molar-refractivity contribution is 5.44. The maximum absolute atomic E-state index is 5.49. The zero-order valence-corrected chi connectivity index (χ0v) is 11.7. The van der Waals surface area contributed by atoms with Gasteiger partial charge in [-0.2, -0.15) is 0 Å². The Morgan fingerprint density at radius 2 is 1.94 bits per heavy atom. The van der Waals surface area contributed by atoms with Crippen LogP contribution in [0, 0.1) is 0 Å². The monoisotopic (exact) mass is 252 g/mol. The van der Waals surface area contributed by atoms with Crippen LogP contribution in [0.1, 0.15) is 19.4 Å². The molecule has 0 fully saturated rings. The van der Waals surface area contributed by atoms with Crippen LogP contribution >= 0.6 is 0 Å². The topological polar surface area (TPSA) is 56.5 Å². The summed E-state index contributed by atoms with van der Waals surface area (Å²) in [6, 6.07) is 5.93. The molecule has 0 aliphatic heterocycles. The highest BCUT2D eigenvalue weighted by Gasteiger charge is 2.24. The lowest BCUT2D eigenvalue weighted by atomic mass is 9.84. The van der Waals surface area contributed by atoms with Crippen LogP contribution in [0.2, 0.25) is 0 Å². The predicted octanol–water partition coefficient (Wildman–Crippen LogP) is 1.53. The minimum atomic E-state index is -0.0210. The summed E-state index contributed by atoms with van der Waals surface area (Å²) in [4.78, 5) is 0. The molecule has 0 unspecified atom stereocenters. The van der Waals surface area contributed by atoms with Crippen molar-refractivity contribution in [2.24, 2.45) is 5.73 Å². The minimum Gasteiger partial charge on any atom is -0.497 e. The molecule has 0 atom stereocenters. The first-order valence-corrected chi connectivity index (χ1v) is 6.18. The van der Waals surface area contributed by atoms with Crippen molar-refractivity contribution >= 4 is 0 Å². The molecule has 0 saturated heterocycles. The van der Waals surface area contributed by atoms with Gasteiger partial charge in [-0.05, 0) is 6.07 Å². The third kappa shape index (κ3) is 3.62. The molecule has 1 rings (SSSR count). The molecule has 18 heavy (non-hydrogen) atoms. The molecular formula is C14H24N2O2. The zero-order chi connectivity index (χ0) is 13.6. The fourth-order valence-electron chi connectivity index (χ4n) is 1.96. The lowest BCUT2D eigenvalue weighted by Gasteiger charge is -2.27. The third-order valence-electron chi connectivity index (χ3n) is 3.03. The van der Waals surface area contributed by atoms with Crippen LogP contribution in [0.4, 0.5) is 0 Å². The molecule has 1 aromatic carbocycles. The Bertz CT molecular complexity index is 378. The molecule has 4 heteroatoms. The number of hydrogen-bond acceptors (Lipinski definition) is 4. The van der Waals surface area contributed by atoms with Crippen LogP contribution in [0.3, 0.4) is 0 Å². The second-order valence-electron chi connectivity index (χ2n) is 4.92. The number of methoxy groups -OCH3 is 2. The maximum atomic E-state index is 5.49. The third-order valence-corrected chi connectivity index (χ3v) is 3.03. The molecule has 0 aliphatic rings. The average Bonchev–Trinajstić information content (AvgIpc) is 2.38. The van der Waals surface area contributed by atoms with Gasteiger partial charge in [0.1, 0.15) is 11.5 Å². The number of nitrogens with one attached hydrogen (secondary N) is 1. The SMILES string of the molecule is COc1ccc(C(C)(C)CNCCN)c(OC)c1. The van der Waals surface area contributed by atoms with Crippen molar-refractivity contribution in [1.82, 2.24) is 5.32 Å². The molecule has 1 aromatic rings. The van der Waals surface area contributed by atoms with Gasteiger partial charge in [-0.3, -0.25) is 0 Å². The molecule has 0 radical (unpaired) electrons. The van der Waals surface area contributed by atoms with Gasteiger partial charge in [0.15, 0.2) is 0 Å². The van der Waals surface area contributed by atoms with Crippen molar-refractivity contribution in [3.63, 3.8) is 0 Å². The Kier molecular flexibility index (Phi) is 5.44. The lowest BCUT2D eigenvalue weighted by molar-refractivity contribution is 0.375. The van der Waals surface area contributed by atoms with E-state index in [-0.39, 0.29) is 5.41 Å². The smallest absolute Gasteiger partial charge is 0.126 e. The maximum Gasteiger partial charge on any atom is 0.126 e. The summed E-state index contributed by atoms with van der Waals surface area (Å²) in [7, 11) is 3.34. The molecule has 102 valence electrons. The number of rotatable bonds is 7. The van der Waals surface area contributed by atoms with E-state index in [1.54, 1.807) is 14.2 Å². The highest BCUT2D eigenvalue weighted by atomic mass is 16.5. The van der Waals surface area contributed by atoms with Gasteiger partial charge in [0.2, 0.25) is 0 Å². The summed E-state index contributed by atoms with van der Waals surface area (Å²) in [6.45, 7) is 6.69. The Morgan fingerprint density at radius 3 is 2.50 bits per heavy atom. The molecule has 0 aromatic heterocycles. The normalized spacial score (nSPS) is 11.4. The fourth-order valence-corrected chi connectivity index (χ4v) is 1.96. The summed E-state index contributed by atoms with van der Waals surface area (Å²) in [6.07, 6.45) is 0. The van der Waals surface area contributed by atoms with Crippen molar-refractivity contribution in [2.45, 2.75) is 19.3 Å². The Labute approximate surface area is 109 Å². The standard InChI is InChI=1S/C14H24N2O2/c1-14(2,10-16-8-7-15)12-6-5-11(17-3)9-13(12)18-4/h5-6,9,16H,7-8,10,15H2,1-4H3. The summed E-state index contributed by atoms with van der Waals surface area (Å²) < 4.78 is 10.7. The number of benzene rings is 1. The lowest BCUT2D eigenvalue weighted by Crippen LogP contribution is -2.35. The molecule has 0 bridgehead atoms. The largest absolute Gasteiger partial charge is 0.497 e.